The number of hydrogen-bond donors (Lipinski definition) is 0. The highest BCUT2D eigenvalue weighted by Crippen LogP contribution is 2.26. The van der Waals surface area contributed by atoms with Crippen LogP contribution < -0.4 is 0 Å². The smallest absolute Gasteiger partial charge is 0.243 e. The van der Waals surface area contributed by atoms with Crippen molar-refractivity contribution in [2.75, 3.05) is 19.6 Å². The molecule has 6 heteroatoms. The number of carbonyl (C=O) groups excluding carboxylic acids is 1. The fourth-order valence-corrected chi connectivity index (χ4v) is 5.81. The van der Waals surface area contributed by atoms with Gasteiger partial charge in [0.2, 0.25) is 15.9 Å². The number of amides is 1. The van der Waals surface area contributed by atoms with E-state index in [1.807, 2.05) is 53.4 Å². The zero-order valence-electron chi connectivity index (χ0n) is 18.7. The van der Waals surface area contributed by atoms with Gasteiger partial charge < -0.3 is 4.90 Å². The Bertz CT molecular complexity index is 1130. The number of carbonyl (C=O) groups is 1. The van der Waals surface area contributed by atoms with E-state index in [0.717, 1.165) is 12.0 Å². The molecule has 0 spiro atoms. The van der Waals surface area contributed by atoms with Crippen LogP contribution in [0.25, 0.3) is 0 Å². The fraction of sp³-hybridized carbons (Fsp3) is 0.296. The number of piperidine rings is 1. The molecule has 1 aliphatic rings. The Morgan fingerprint density at radius 2 is 1.30 bits per heavy atom. The molecule has 3 aromatic carbocycles. The van der Waals surface area contributed by atoms with Gasteiger partial charge in [0.15, 0.2) is 0 Å². The van der Waals surface area contributed by atoms with Crippen molar-refractivity contribution in [2.45, 2.75) is 30.7 Å². The second kappa shape index (κ2) is 10.8. The molecule has 0 radical (unpaired) electrons. The highest BCUT2D eigenvalue weighted by Gasteiger charge is 2.33. The van der Waals surface area contributed by atoms with Gasteiger partial charge in [0.05, 0.1) is 4.90 Å². The van der Waals surface area contributed by atoms with Crippen LogP contribution >= 0.6 is 0 Å². The summed E-state index contributed by atoms with van der Waals surface area (Å²) in [5.74, 6) is -0.0433. The standard InChI is InChI=1S/C27H30N2O3S/c30-27(25-17-20-29(21-18-25)33(31,32)26-14-8-3-9-15-26)28(22-24-12-6-2-7-13-24)19-16-23-10-4-1-5-11-23/h1-15,25H,16-22H2. The van der Waals surface area contributed by atoms with Crippen LogP contribution in [-0.2, 0) is 27.8 Å². The molecule has 4 rings (SSSR count). The maximum atomic E-state index is 13.5. The zero-order valence-corrected chi connectivity index (χ0v) is 19.5. The topological polar surface area (TPSA) is 57.7 Å². The molecule has 172 valence electrons. The summed E-state index contributed by atoms with van der Waals surface area (Å²) < 4.78 is 27.4. The highest BCUT2D eigenvalue weighted by atomic mass is 32.2. The van der Waals surface area contributed by atoms with Crippen molar-refractivity contribution in [3.05, 3.63) is 102 Å². The molecule has 0 N–H and O–H groups in total. The minimum absolute atomic E-state index is 0.117. The van der Waals surface area contributed by atoms with E-state index in [2.05, 4.69) is 12.1 Å². The quantitative estimate of drug-likeness (QED) is 0.500. The first kappa shape index (κ1) is 23.2. The Kier molecular flexibility index (Phi) is 7.57. The first-order chi connectivity index (χ1) is 16.0. The minimum atomic E-state index is -3.52. The van der Waals surface area contributed by atoms with E-state index in [1.54, 1.807) is 30.3 Å². The van der Waals surface area contributed by atoms with E-state index in [4.69, 9.17) is 0 Å². The van der Waals surface area contributed by atoms with Gasteiger partial charge in [-0.2, -0.15) is 4.31 Å². The number of rotatable bonds is 8. The molecule has 0 aliphatic carbocycles. The molecule has 0 aromatic heterocycles. The lowest BCUT2D eigenvalue weighted by Crippen LogP contribution is -2.44. The van der Waals surface area contributed by atoms with Gasteiger partial charge in [-0.25, -0.2) is 8.42 Å². The SMILES string of the molecule is O=C(C1CCN(S(=O)(=O)c2ccccc2)CC1)N(CCc1ccccc1)Cc1ccccc1. The highest BCUT2D eigenvalue weighted by molar-refractivity contribution is 7.89. The van der Waals surface area contributed by atoms with E-state index < -0.39 is 10.0 Å². The van der Waals surface area contributed by atoms with Crippen molar-refractivity contribution in [3.8, 4) is 0 Å². The van der Waals surface area contributed by atoms with Gasteiger partial charge in [0.1, 0.15) is 0 Å². The summed E-state index contributed by atoms with van der Waals surface area (Å²) in [5, 5.41) is 0. The van der Waals surface area contributed by atoms with E-state index in [0.29, 0.717) is 43.9 Å². The van der Waals surface area contributed by atoms with Crippen LogP contribution in [0.1, 0.15) is 24.0 Å². The Hall–Kier alpha value is -2.96. The van der Waals surface area contributed by atoms with Crippen molar-refractivity contribution in [3.63, 3.8) is 0 Å². The number of benzene rings is 3. The third-order valence-electron chi connectivity index (χ3n) is 6.23. The third kappa shape index (κ3) is 5.89. The predicted octanol–water partition coefficient (Wildman–Crippen LogP) is 4.36. The molecule has 0 atom stereocenters. The summed E-state index contributed by atoms with van der Waals surface area (Å²) >= 11 is 0. The Labute approximate surface area is 196 Å². The average molecular weight is 463 g/mol. The molecule has 0 saturated carbocycles. The second-order valence-electron chi connectivity index (χ2n) is 8.47. The predicted molar refractivity (Wildman–Crippen MR) is 130 cm³/mol. The number of nitrogens with zero attached hydrogens (tertiary/aromatic N) is 2. The molecule has 1 fully saturated rings. The monoisotopic (exact) mass is 462 g/mol. The van der Waals surface area contributed by atoms with E-state index in [-0.39, 0.29) is 11.8 Å². The van der Waals surface area contributed by atoms with Gasteiger partial charge in [0, 0.05) is 32.1 Å². The van der Waals surface area contributed by atoms with Crippen LogP contribution in [0.2, 0.25) is 0 Å². The molecule has 33 heavy (non-hydrogen) atoms. The summed E-state index contributed by atoms with van der Waals surface area (Å²) in [4.78, 5) is 15.8. The van der Waals surface area contributed by atoms with Crippen molar-refractivity contribution in [2.24, 2.45) is 5.92 Å². The van der Waals surface area contributed by atoms with Crippen LogP contribution in [0.4, 0.5) is 0 Å². The fourth-order valence-electron chi connectivity index (χ4n) is 4.32. The lowest BCUT2D eigenvalue weighted by Gasteiger charge is -2.34. The lowest BCUT2D eigenvalue weighted by atomic mass is 9.96. The molecule has 0 unspecified atom stereocenters. The second-order valence-corrected chi connectivity index (χ2v) is 10.4. The molecule has 0 bridgehead atoms. The number of hydrogen-bond acceptors (Lipinski definition) is 3. The summed E-state index contributed by atoms with van der Waals surface area (Å²) in [6.45, 7) is 1.94. The molecule has 1 aliphatic heterocycles. The molecule has 3 aromatic rings. The van der Waals surface area contributed by atoms with Gasteiger partial charge >= 0.3 is 0 Å². The summed E-state index contributed by atoms with van der Waals surface area (Å²) in [6, 6.07) is 28.7. The van der Waals surface area contributed by atoms with E-state index in [9.17, 15) is 13.2 Å². The van der Waals surface area contributed by atoms with E-state index >= 15 is 0 Å². The molecular formula is C27H30N2O3S. The van der Waals surface area contributed by atoms with Crippen molar-refractivity contribution in [1.29, 1.82) is 0 Å². The summed E-state index contributed by atoms with van der Waals surface area (Å²) in [5.41, 5.74) is 2.30. The van der Waals surface area contributed by atoms with E-state index in [1.165, 1.54) is 9.87 Å². The third-order valence-corrected chi connectivity index (χ3v) is 8.14. The summed E-state index contributed by atoms with van der Waals surface area (Å²) in [7, 11) is -3.52. The molecular weight excluding hydrogens is 432 g/mol. The first-order valence-electron chi connectivity index (χ1n) is 11.5. The van der Waals surface area contributed by atoms with Crippen molar-refractivity contribution < 1.29 is 13.2 Å². The molecule has 1 heterocycles. The molecule has 1 amide bonds. The van der Waals surface area contributed by atoms with Crippen LogP contribution in [-0.4, -0.2) is 43.2 Å². The Balaban J connectivity index is 1.42. The Morgan fingerprint density at radius 3 is 1.88 bits per heavy atom. The van der Waals surface area contributed by atoms with Gasteiger partial charge in [0.25, 0.3) is 0 Å². The molecule has 1 saturated heterocycles. The minimum Gasteiger partial charge on any atom is -0.338 e. The van der Waals surface area contributed by atoms with Crippen LogP contribution in [0, 0.1) is 5.92 Å². The van der Waals surface area contributed by atoms with Gasteiger partial charge in [-0.3, -0.25) is 4.79 Å². The normalized spacial score (nSPS) is 15.3. The zero-order chi connectivity index (χ0) is 23.1. The lowest BCUT2D eigenvalue weighted by molar-refractivity contribution is -0.137. The summed E-state index contributed by atoms with van der Waals surface area (Å²) in [6.07, 6.45) is 1.88. The van der Waals surface area contributed by atoms with Gasteiger partial charge in [-0.1, -0.05) is 78.9 Å². The molecule has 5 nitrogen and oxygen atoms in total. The van der Waals surface area contributed by atoms with Crippen LogP contribution in [0.15, 0.2) is 95.9 Å². The van der Waals surface area contributed by atoms with Crippen LogP contribution in [0.5, 0.6) is 0 Å². The van der Waals surface area contributed by atoms with Crippen molar-refractivity contribution in [1.82, 2.24) is 9.21 Å². The first-order valence-corrected chi connectivity index (χ1v) is 12.9. The maximum absolute atomic E-state index is 13.5. The van der Waals surface area contributed by atoms with Gasteiger partial charge in [-0.15, -0.1) is 0 Å². The maximum Gasteiger partial charge on any atom is 0.243 e. The van der Waals surface area contributed by atoms with Crippen molar-refractivity contribution >= 4 is 15.9 Å². The largest absolute Gasteiger partial charge is 0.338 e. The average Bonchev–Trinajstić information content (AvgIpc) is 2.88. The van der Waals surface area contributed by atoms with Gasteiger partial charge in [-0.05, 0) is 42.5 Å². The van der Waals surface area contributed by atoms with Crippen LogP contribution in [0.3, 0.4) is 0 Å². The number of sulfonamides is 1. The Morgan fingerprint density at radius 1 is 0.788 bits per heavy atom.